The maximum absolute atomic E-state index is 13.6. The first kappa shape index (κ1) is 14.2. The highest BCUT2D eigenvalue weighted by Crippen LogP contribution is 2.15. The Kier molecular flexibility index (Phi) is 4.48. The molecule has 1 atom stereocenters. The van der Waals surface area contributed by atoms with E-state index in [1.54, 1.807) is 37.4 Å². The smallest absolute Gasteiger partial charge is 0.244 e. The average molecular weight is 272 g/mol. The monoisotopic (exact) mass is 272 g/mol. The van der Waals surface area contributed by atoms with Gasteiger partial charge in [0.25, 0.3) is 0 Å². The van der Waals surface area contributed by atoms with Gasteiger partial charge < -0.3 is 10.6 Å². The van der Waals surface area contributed by atoms with Crippen LogP contribution in [0.2, 0.25) is 0 Å². The van der Waals surface area contributed by atoms with E-state index >= 15 is 0 Å². The largest absolute Gasteiger partial charge is 0.340 e. The molecule has 0 fully saturated rings. The van der Waals surface area contributed by atoms with Crippen molar-refractivity contribution in [1.29, 1.82) is 0 Å². The van der Waals surface area contributed by atoms with Gasteiger partial charge in [-0.2, -0.15) is 0 Å². The first-order valence-electron chi connectivity index (χ1n) is 6.38. The summed E-state index contributed by atoms with van der Waals surface area (Å²) in [6.45, 7) is 0.200. The molecule has 0 aliphatic heterocycles. The summed E-state index contributed by atoms with van der Waals surface area (Å²) in [6.07, 6.45) is 0. The summed E-state index contributed by atoms with van der Waals surface area (Å²) in [5.74, 6) is -0.556. The molecule has 0 aromatic heterocycles. The molecule has 2 N–H and O–H groups in total. The van der Waals surface area contributed by atoms with Crippen molar-refractivity contribution < 1.29 is 9.18 Å². The van der Waals surface area contributed by atoms with Gasteiger partial charge in [0, 0.05) is 19.2 Å². The second kappa shape index (κ2) is 6.30. The van der Waals surface area contributed by atoms with Crippen LogP contribution in [0.25, 0.3) is 0 Å². The van der Waals surface area contributed by atoms with Gasteiger partial charge in [0.05, 0.1) is 0 Å². The molecule has 104 valence electrons. The number of benzene rings is 2. The van der Waals surface area contributed by atoms with Crippen LogP contribution in [0.1, 0.15) is 17.2 Å². The maximum atomic E-state index is 13.6. The van der Waals surface area contributed by atoms with E-state index in [1.165, 1.54) is 11.0 Å². The van der Waals surface area contributed by atoms with E-state index in [1.807, 2.05) is 18.2 Å². The Bertz CT molecular complexity index is 586. The van der Waals surface area contributed by atoms with Crippen LogP contribution in [-0.4, -0.2) is 17.9 Å². The number of nitrogens with two attached hydrogens (primary N) is 1. The van der Waals surface area contributed by atoms with Crippen LogP contribution in [-0.2, 0) is 11.3 Å². The Hall–Kier alpha value is -2.20. The van der Waals surface area contributed by atoms with Gasteiger partial charge in [-0.05, 0) is 11.6 Å². The number of rotatable bonds is 4. The number of carbonyl (C=O) groups is 1. The molecule has 2 aromatic rings. The molecule has 2 aromatic carbocycles. The van der Waals surface area contributed by atoms with Gasteiger partial charge in [0.2, 0.25) is 5.91 Å². The molecular weight excluding hydrogens is 255 g/mol. The Morgan fingerprint density at radius 3 is 2.40 bits per heavy atom. The van der Waals surface area contributed by atoms with Gasteiger partial charge in [0.15, 0.2) is 0 Å². The van der Waals surface area contributed by atoms with Gasteiger partial charge in [-0.25, -0.2) is 4.39 Å². The van der Waals surface area contributed by atoms with E-state index in [4.69, 9.17) is 5.73 Å². The van der Waals surface area contributed by atoms with Crippen LogP contribution in [0, 0.1) is 5.82 Å². The van der Waals surface area contributed by atoms with Crippen molar-refractivity contribution in [3.8, 4) is 0 Å². The summed E-state index contributed by atoms with van der Waals surface area (Å²) >= 11 is 0. The normalized spacial score (nSPS) is 11.9. The molecule has 3 nitrogen and oxygen atoms in total. The second-order valence-corrected chi connectivity index (χ2v) is 4.67. The number of carbonyl (C=O) groups excluding carboxylic acids is 1. The van der Waals surface area contributed by atoms with Crippen molar-refractivity contribution in [3.63, 3.8) is 0 Å². The minimum absolute atomic E-state index is 0.200. The third-order valence-corrected chi connectivity index (χ3v) is 3.17. The van der Waals surface area contributed by atoms with E-state index in [2.05, 4.69) is 0 Å². The van der Waals surface area contributed by atoms with Crippen molar-refractivity contribution in [2.75, 3.05) is 7.05 Å². The summed E-state index contributed by atoms with van der Waals surface area (Å²) < 4.78 is 13.6. The van der Waals surface area contributed by atoms with E-state index in [9.17, 15) is 9.18 Å². The lowest BCUT2D eigenvalue weighted by Crippen LogP contribution is -2.35. The van der Waals surface area contributed by atoms with Crippen LogP contribution in [0.3, 0.4) is 0 Å². The third-order valence-electron chi connectivity index (χ3n) is 3.17. The number of amides is 1. The number of hydrogen-bond donors (Lipinski definition) is 1. The van der Waals surface area contributed by atoms with Gasteiger partial charge in [-0.3, -0.25) is 4.79 Å². The summed E-state index contributed by atoms with van der Waals surface area (Å²) in [7, 11) is 1.62. The summed E-state index contributed by atoms with van der Waals surface area (Å²) in [5.41, 5.74) is 7.17. The van der Waals surface area contributed by atoms with Crippen LogP contribution in [0.5, 0.6) is 0 Å². The summed E-state index contributed by atoms with van der Waals surface area (Å²) in [6, 6.07) is 14.8. The molecule has 0 spiro atoms. The average Bonchev–Trinajstić information content (AvgIpc) is 2.49. The molecule has 1 amide bonds. The number of nitrogens with zero attached hydrogens (tertiary/aromatic N) is 1. The number of halogens is 1. The topological polar surface area (TPSA) is 46.3 Å². The first-order valence-corrected chi connectivity index (χ1v) is 6.38. The zero-order chi connectivity index (χ0) is 14.5. The second-order valence-electron chi connectivity index (χ2n) is 4.67. The Balaban J connectivity index is 2.08. The molecule has 0 saturated carbocycles. The fourth-order valence-electron chi connectivity index (χ4n) is 2.00. The van der Waals surface area contributed by atoms with E-state index in [0.717, 1.165) is 5.56 Å². The molecule has 0 aliphatic carbocycles. The Morgan fingerprint density at radius 1 is 1.15 bits per heavy atom. The molecule has 4 heteroatoms. The van der Waals surface area contributed by atoms with Crippen molar-refractivity contribution in [2.24, 2.45) is 5.73 Å². The molecule has 0 heterocycles. The number of hydrogen-bond acceptors (Lipinski definition) is 2. The molecule has 0 saturated heterocycles. The van der Waals surface area contributed by atoms with E-state index in [0.29, 0.717) is 5.56 Å². The van der Waals surface area contributed by atoms with Crippen molar-refractivity contribution >= 4 is 5.91 Å². The molecule has 0 unspecified atom stereocenters. The fraction of sp³-hybridized carbons (Fsp3) is 0.188. The van der Waals surface area contributed by atoms with Crippen molar-refractivity contribution in [1.82, 2.24) is 4.90 Å². The quantitative estimate of drug-likeness (QED) is 0.929. The zero-order valence-corrected chi connectivity index (χ0v) is 11.3. The van der Waals surface area contributed by atoms with Crippen LogP contribution >= 0.6 is 0 Å². The molecular formula is C16H17FN2O. The number of likely N-dealkylation sites (N-methyl/N-ethyl adjacent to an activating group) is 1. The maximum Gasteiger partial charge on any atom is 0.244 e. The molecule has 2 rings (SSSR count). The Labute approximate surface area is 117 Å². The van der Waals surface area contributed by atoms with Crippen molar-refractivity contribution in [3.05, 3.63) is 71.5 Å². The molecule has 20 heavy (non-hydrogen) atoms. The van der Waals surface area contributed by atoms with Crippen molar-refractivity contribution in [2.45, 2.75) is 12.6 Å². The molecule has 0 aliphatic rings. The first-order chi connectivity index (χ1) is 9.59. The Morgan fingerprint density at radius 2 is 1.75 bits per heavy atom. The summed E-state index contributed by atoms with van der Waals surface area (Å²) in [4.78, 5) is 13.7. The highest BCUT2D eigenvalue weighted by atomic mass is 19.1. The minimum atomic E-state index is -0.729. The van der Waals surface area contributed by atoms with Gasteiger partial charge >= 0.3 is 0 Å². The predicted octanol–water partition coefficient (Wildman–Crippen LogP) is 2.48. The lowest BCUT2D eigenvalue weighted by Gasteiger charge is -2.21. The standard InChI is InChI=1S/C16H17FN2O/c1-19(11-13-9-5-6-10-14(13)17)16(20)15(18)12-7-3-2-4-8-12/h2-10,15H,11,18H2,1H3/t15-/m0/s1. The van der Waals surface area contributed by atoms with Crippen LogP contribution < -0.4 is 5.73 Å². The highest BCUT2D eigenvalue weighted by Gasteiger charge is 2.20. The summed E-state index contributed by atoms with van der Waals surface area (Å²) in [5, 5.41) is 0. The van der Waals surface area contributed by atoms with E-state index in [-0.39, 0.29) is 18.3 Å². The van der Waals surface area contributed by atoms with Gasteiger partial charge in [0.1, 0.15) is 11.9 Å². The highest BCUT2D eigenvalue weighted by molar-refractivity contribution is 5.82. The van der Waals surface area contributed by atoms with Crippen LogP contribution in [0.4, 0.5) is 4.39 Å². The van der Waals surface area contributed by atoms with Crippen LogP contribution in [0.15, 0.2) is 54.6 Å². The minimum Gasteiger partial charge on any atom is -0.340 e. The van der Waals surface area contributed by atoms with E-state index < -0.39 is 6.04 Å². The van der Waals surface area contributed by atoms with Gasteiger partial charge in [-0.15, -0.1) is 0 Å². The third kappa shape index (κ3) is 3.22. The lowest BCUT2D eigenvalue weighted by atomic mass is 10.1. The predicted molar refractivity (Wildman–Crippen MR) is 76.2 cm³/mol. The zero-order valence-electron chi connectivity index (χ0n) is 11.3. The SMILES string of the molecule is CN(Cc1ccccc1F)C(=O)[C@@H](N)c1ccccc1. The van der Waals surface area contributed by atoms with Gasteiger partial charge in [-0.1, -0.05) is 48.5 Å². The lowest BCUT2D eigenvalue weighted by molar-refractivity contribution is -0.132. The fourth-order valence-corrected chi connectivity index (χ4v) is 2.00. The molecule has 0 radical (unpaired) electrons. The molecule has 0 bridgehead atoms.